The Morgan fingerprint density at radius 3 is 2.50 bits per heavy atom. The Labute approximate surface area is 122 Å². The average Bonchev–Trinajstić information content (AvgIpc) is 2.48. The predicted molar refractivity (Wildman–Crippen MR) is 83.3 cm³/mol. The first-order valence-corrected chi connectivity index (χ1v) is 7.60. The van der Waals surface area contributed by atoms with E-state index in [0.29, 0.717) is 6.04 Å². The SMILES string of the molecule is CCc1ccc(C(=O)C(C)N2CCN(C)C(C)C2)cc1. The van der Waals surface area contributed by atoms with Gasteiger partial charge < -0.3 is 4.90 Å². The van der Waals surface area contributed by atoms with Gasteiger partial charge in [-0.15, -0.1) is 0 Å². The molecule has 0 N–H and O–H groups in total. The van der Waals surface area contributed by atoms with Gasteiger partial charge in [-0.3, -0.25) is 9.69 Å². The maximum absolute atomic E-state index is 12.6. The first-order chi connectivity index (χ1) is 9.52. The number of rotatable bonds is 4. The average molecular weight is 274 g/mol. The van der Waals surface area contributed by atoms with Gasteiger partial charge in [0.25, 0.3) is 0 Å². The first kappa shape index (κ1) is 15.2. The number of aryl methyl sites for hydroxylation is 1. The summed E-state index contributed by atoms with van der Waals surface area (Å²) in [6, 6.07) is 8.55. The van der Waals surface area contributed by atoms with Crippen LogP contribution in [0.4, 0.5) is 0 Å². The number of nitrogens with zero attached hydrogens (tertiary/aromatic N) is 2. The predicted octanol–water partition coefficient (Wildman–Crippen LogP) is 2.46. The van der Waals surface area contributed by atoms with Gasteiger partial charge in [0.05, 0.1) is 6.04 Å². The Bertz CT molecular complexity index is 455. The monoisotopic (exact) mass is 274 g/mol. The molecule has 0 saturated carbocycles. The van der Waals surface area contributed by atoms with Crippen LogP contribution in [0.15, 0.2) is 24.3 Å². The number of piperazine rings is 1. The van der Waals surface area contributed by atoms with Crippen molar-refractivity contribution in [3.63, 3.8) is 0 Å². The zero-order valence-electron chi connectivity index (χ0n) is 13.1. The first-order valence-electron chi connectivity index (χ1n) is 7.60. The maximum Gasteiger partial charge on any atom is 0.179 e. The number of hydrogen-bond donors (Lipinski definition) is 0. The van der Waals surface area contributed by atoms with Gasteiger partial charge in [-0.05, 0) is 32.9 Å². The third-order valence-corrected chi connectivity index (χ3v) is 4.56. The number of ketones is 1. The summed E-state index contributed by atoms with van der Waals surface area (Å²) in [5.74, 6) is 0.240. The highest BCUT2D eigenvalue weighted by molar-refractivity contribution is 5.99. The zero-order chi connectivity index (χ0) is 14.7. The summed E-state index contributed by atoms with van der Waals surface area (Å²) in [4.78, 5) is 17.2. The molecule has 1 aromatic carbocycles. The second-order valence-electron chi connectivity index (χ2n) is 5.92. The molecule has 2 rings (SSSR count). The third-order valence-electron chi connectivity index (χ3n) is 4.56. The highest BCUT2D eigenvalue weighted by Gasteiger charge is 2.28. The lowest BCUT2D eigenvalue weighted by atomic mass is 10.0. The molecule has 20 heavy (non-hydrogen) atoms. The van der Waals surface area contributed by atoms with Crippen LogP contribution in [0.3, 0.4) is 0 Å². The third kappa shape index (κ3) is 3.28. The normalized spacial score (nSPS) is 22.7. The van der Waals surface area contributed by atoms with Crippen molar-refractivity contribution in [3.8, 4) is 0 Å². The van der Waals surface area contributed by atoms with Crippen molar-refractivity contribution in [1.82, 2.24) is 9.80 Å². The van der Waals surface area contributed by atoms with Crippen LogP contribution in [0.25, 0.3) is 0 Å². The molecule has 2 atom stereocenters. The summed E-state index contributed by atoms with van der Waals surface area (Å²) < 4.78 is 0. The number of Topliss-reactive ketones (excluding diaryl/α,β-unsaturated/α-hetero) is 1. The molecule has 3 heteroatoms. The number of benzene rings is 1. The lowest BCUT2D eigenvalue weighted by Gasteiger charge is -2.40. The molecular weight excluding hydrogens is 248 g/mol. The van der Waals surface area contributed by atoms with Crippen LogP contribution in [-0.2, 0) is 6.42 Å². The van der Waals surface area contributed by atoms with Gasteiger partial charge in [-0.25, -0.2) is 0 Å². The van der Waals surface area contributed by atoms with Crippen LogP contribution in [0, 0.1) is 0 Å². The molecule has 3 nitrogen and oxygen atoms in total. The number of hydrogen-bond acceptors (Lipinski definition) is 3. The summed E-state index contributed by atoms with van der Waals surface area (Å²) in [6.07, 6.45) is 1.01. The molecule has 110 valence electrons. The maximum atomic E-state index is 12.6. The summed E-state index contributed by atoms with van der Waals surface area (Å²) in [5.41, 5.74) is 2.11. The minimum absolute atomic E-state index is 0.0290. The molecular formula is C17H26N2O. The van der Waals surface area contributed by atoms with Gasteiger partial charge in [0.2, 0.25) is 0 Å². The molecule has 0 amide bonds. The summed E-state index contributed by atoms with van der Waals surface area (Å²) in [6.45, 7) is 9.36. The second-order valence-corrected chi connectivity index (χ2v) is 5.92. The Morgan fingerprint density at radius 2 is 1.95 bits per heavy atom. The van der Waals surface area contributed by atoms with Crippen LogP contribution in [0.5, 0.6) is 0 Å². The summed E-state index contributed by atoms with van der Waals surface area (Å²) >= 11 is 0. The molecule has 0 aliphatic carbocycles. The van der Waals surface area contributed by atoms with E-state index in [4.69, 9.17) is 0 Å². The molecule has 1 heterocycles. The Hall–Kier alpha value is -1.19. The van der Waals surface area contributed by atoms with Gasteiger partial charge >= 0.3 is 0 Å². The van der Waals surface area contributed by atoms with Gasteiger partial charge in [0, 0.05) is 31.2 Å². The van der Waals surface area contributed by atoms with E-state index in [9.17, 15) is 4.79 Å². The van der Waals surface area contributed by atoms with Crippen LogP contribution in [0.1, 0.15) is 36.7 Å². The molecule has 0 aromatic heterocycles. The number of likely N-dealkylation sites (N-methyl/N-ethyl adjacent to an activating group) is 1. The fourth-order valence-electron chi connectivity index (χ4n) is 2.74. The molecule has 0 bridgehead atoms. The van der Waals surface area contributed by atoms with Gasteiger partial charge in [0.15, 0.2) is 5.78 Å². The molecule has 1 aliphatic heterocycles. The van der Waals surface area contributed by atoms with E-state index in [2.05, 4.69) is 42.8 Å². The van der Waals surface area contributed by atoms with Crippen LogP contribution in [-0.4, -0.2) is 54.3 Å². The van der Waals surface area contributed by atoms with Gasteiger partial charge in [0.1, 0.15) is 0 Å². The van der Waals surface area contributed by atoms with Crippen LogP contribution >= 0.6 is 0 Å². The molecule has 1 fully saturated rings. The van der Waals surface area contributed by atoms with E-state index >= 15 is 0 Å². The van der Waals surface area contributed by atoms with Crippen molar-refractivity contribution in [1.29, 1.82) is 0 Å². The van der Waals surface area contributed by atoms with Crippen molar-refractivity contribution in [2.24, 2.45) is 0 Å². The minimum atomic E-state index is -0.0290. The summed E-state index contributed by atoms with van der Waals surface area (Å²) in [7, 11) is 2.15. The van der Waals surface area contributed by atoms with Crippen molar-refractivity contribution >= 4 is 5.78 Å². The van der Waals surface area contributed by atoms with E-state index in [-0.39, 0.29) is 11.8 Å². The quantitative estimate of drug-likeness (QED) is 0.788. The molecule has 1 aromatic rings. The molecule has 0 spiro atoms. The molecule has 1 aliphatic rings. The van der Waals surface area contributed by atoms with Crippen molar-refractivity contribution in [3.05, 3.63) is 35.4 Å². The van der Waals surface area contributed by atoms with Crippen LogP contribution < -0.4 is 0 Å². The Morgan fingerprint density at radius 1 is 1.30 bits per heavy atom. The van der Waals surface area contributed by atoms with E-state index in [1.54, 1.807) is 0 Å². The Kier molecular flexibility index (Phi) is 4.95. The van der Waals surface area contributed by atoms with E-state index in [1.807, 2.05) is 19.1 Å². The van der Waals surface area contributed by atoms with E-state index in [0.717, 1.165) is 31.6 Å². The van der Waals surface area contributed by atoms with Gasteiger partial charge in [-0.2, -0.15) is 0 Å². The fourth-order valence-corrected chi connectivity index (χ4v) is 2.74. The summed E-state index contributed by atoms with van der Waals surface area (Å²) in [5, 5.41) is 0. The molecule has 2 unspecified atom stereocenters. The Balaban J connectivity index is 2.04. The minimum Gasteiger partial charge on any atom is -0.301 e. The smallest absolute Gasteiger partial charge is 0.179 e. The van der Waals surface area contributed by atoms with Gasteiger partial charge in [-0.1, -0.05) is 31.2 Å². The standard InChI is InChI=1S/C17H26N2O/c1-5-15-6-8-16(9-7-15)17(20)14(3)19-11-10-18(4)13(2)12-19/h6-9,13-14H,5,10-12H2,1-4H3. The number of carbonyl (C=O) groups excluding carboxylic acids is 1. The fraction of sp³-hybridized carbons (Fsp3) is 0.588. The topological polar surface area (TPSA) is 23.6 Å². The highest BCUT2D eigenvalue weighted by Crippen LogP contribution is 2.15. The second kappa shape index (κ2) is 6.51. The highest BCUT2D eigenvalue weighted by atomic mass is 16.1. The van der Waals surface area contributed by atoms with Crippen molar-refractivity contribution in [2.45, 2.75) is 39.3 Å². The lowest BCUT2D eigenvalue weighted by Crippen LogP contribution is -2.54. The van der Waals surface area contributed by atoms with Crippen molar-refractivity contribution < 1.29 is 4.79 Å². The zero-order valence-corrected chi connectivity index (χ0v) is 13.1. The number of carbonyl (C=O) groups is 1. The largest absolute Gasteiger partial charge is 0.301 e. The van der Waals surface area contributed by atoms with Crippen molar-refractivity contribution in [2.75, 3.05) is 26.7 Å². The molecule has 0 radical (unpaired) electrons. The van der Waals surface area contributed by atoms with E-state index in [1.165, 1.54) is 5.56 Å². The van der Waals surface area contributed by atoms with E-state index < -0.39 is 0 Å². The lowest BCUT2D eigenvalue weighted by molar-refractivity contribution is 0.0603. The molecule has 1 saturated heterocycles. The van der Waals surface area contributed by atoms with Crippen LogP contribution in [0.2, 0.25) is 0 Å².